The normalized spacial score (nSPS) is 16.7. The van der Waals surface area contributed by atoms with Gasteiger partial charge in [0.05, 0.1) is 6.61 Å². The van der Waals surface area contributed by atoms with Crippen LogP contribution in [0.3, 0.4) is 0 Å². The van der Waals surface area contributed by atoms with E-state index >= 15 is 0 Å². The van der Waals surface area contributed by atoms with Crippen molar-refractivity contribution in [3.63, 3.8) is 0 Å². The summed E-state index contributed by atoms with van der Waals surface area (Å²) in [5.41, 5.74) is 2.82. The fourth-order valence-electron chi connectivity index (χ4n) is 4.14. The molecule has 2 aromatic carbocycles. The van der Waals surface area contributed by atoms with E-state index in [0.29, 0.717) is 13.2 Å². The minimum absolute atomic E-state index is 0.101. The first-order valence-corrected chi connectivity index (χ1v) is 10.2. The van der Waals surface area contributed by atoms with Crippen molar-refractivity contribution in [2.45, 2.75) is 25.3 Å². The van der Waals surface area contributed by atoms with Crippen molar-refractivity contribution in [3.8, 4) is 11.1 Å². The molecule has 29 heavy (non-hydrogen) atoms. The molecule has 4 rings (SSSR count). The van der Waals surface area contributed by atoms with Crippen LogP contribution < -0.4 is 0 Å². The highest BCUT2D eigenvalue weighted by molar-refractivity contribution is 6.01. The molecule has 0 spiro atoms. The highest BCUT2D eigenvalue weighted by atomic mass is 16.5. The fraction of sp³-hybridized carbons (Fsp3) is 0.333. The van der Waals surface area contributed by atoms with Crippen LogP contribution in [-0.2, 0) is 11.3 Å². The molecule has 0 unspecified atom stereocenters. The van der Waals surface area contributed by atoms with Gasteiger partial charge in [-0.1, -0.05) is 48.5 Å². The Kier molecular flexibility index (Phi) is 6.06. The Labute approximate surface area is 171 Å². The number of carbonyl (C=O) groups excluding carboxylic acids is 1. The molecule has 150 valence electrons. The zero-order valence-corrected chi connectivity index (χ0v) is 16.8. The zero-order chi connectivity index (χ0) is 20.1. The van der Waals surface area contributed by atoms with E-state index < -0.39 is 0 Å². The standard InChI is InChI=1S/C24H27N3O2/c1-29-17-16-26-15-13-25-23(26)20-10-7-14-27(18-20)24(28)22-12-6-5-11-21(22)19-8-3-2-4-9-19/h2-6,8-9,11-13,15,20H,7,10,14,16-18H2,1H3/t20-/m0/s1. The number of ether oxygens (including phenoxy) is 1. The quantitative estimate of drug-likeness (QED) is 0.634. The summed E-state index contributed by atoms with van der Waals surface area (Å²) in [6, 6.07) is 18.0. The van der Waals surface area contributed by atoms with Crippen LogP contribution in [0.15, 0.2) is 67.0 Å². The number of nitrogens with zero attached hydrogens (tertiary/aromatic N) is 3. The van der Waals surface area contributed by atoms with E-state index in [2.05, 4.69) is 21.7 Å². The van der Waals surface area contributed by atoms with E-state index in [1.807, 2.05) is 59.8 Å². The van der Waals surface area contributed by atoms with E-state index in [1.54, 1.807) is 7.11 Å². The number of methoxy groups -OCH3 is 1. The van der Waals surface area contributed by atoms with Crippen molar-refractivity contribution in [1.82, 2.24) is 14.5 Å². The van der Waals surface area contributed by atoms with Gasteiger partial charge in [-0.3, -0.25) is 4.79 Å². The number of rotatable bonds is 6. The lowest BCUT2D eigenvalue weighted by Crippen LogP contribution is -2.40. The molecule has 5 nitrogen and oxygen atoms in total. The van der Waals surface area contributed by atoms with Gasteiger partial charge in [-0.15, -0.1) is 0 Å². The van der Waals surface area contributed by atoms with Gasteiger partial charge in [0.25, 0.3) is 5.91 Å². The molecule has 0 aliphatic carbocycles. The molecule has 2 heterocycles. The Balaban J connectivity index is 1.56. The van der Waals surface area contributed by atoms with Crippen molar-refractivity contribution in [1.29, 1.82) is 0 Å². The van der Waals surface area contributed by atoms with Crippen molar-refractivity contribution < 1.29 is 9.53 Å². The summed E-state index contributed by atoms with van der Waals surface area (Å²) in [5.74, 6) is 1.41. The van der Waals surface area contributed by atoms with Gasteiger partial charge in [0.15, 0.2) is 0 Å². The third-order valence-corrected chi connectivity index (χ3v) is 5.60. The molecule has 1 aliphatic heterocycles. The first-order valence-electron chi connectivity index (χ1n) is 10.2. The predicted molar refractivity (Wildman–Crippen MR) is 114 cm³/mol. The van der Waals surface area contributed by atoms with E-state index in [4.69, 9.17) is 4.74 Å². The van der Waals surface area contributed by atoms with Crippen molar-refractivity contribution in [2.24, 2.45) is 0 Å². The molecule has 5 heteroatoms. The van der Waals surface area contributed by atoms with E-state index in [1.165, 1.54) is 0 Å². The molecule has 0 N–H and O–H groups in total. The zero-order valence-electron chi connectivity index (χ0n) is 16.8. The predicted octanol–water partition coefficient (Wildman–Crippen LogP) is 4.22. The third-order valence-electron chi connectivity index (χ3n) is 5.60. The molecule has 1 aliphatic rings. The Morgan fingerprint density at radius 2 is 1.93 bits per heavy atom. The number of hydrogen-bond acceptors (Lipinski definition) is 3. The fourth-order valence-corrected chi connectivity index (χ4v) is 4.14. The van der Waals surface area contributed by atoms with Crippen molar-refractivity contribution >= 4 is 5.91 Å². The lowest BCUT2D eigenvalue weighted by Gasteiger charge is -2.33. The van der Waals surface area contributed by atoms with Gasteiger partial charge in [0.1, 0.15) is 5.82 Å². The number of likely N-dealkylation sites (tertiary alicyclic amines) is 1. The van der Waals surface area contributed by atoms with Gasteiger partial charge in [0.2, 0.25) is 0 Å². The molecule has 1 amide bonds. The number of amides is 1. The highest BCUT2D eigenvalue weighted by Crippen LogP contribution is 2.29. The Morgan fingerprint density at radius 3 is 2.76 bits per heavy atom. The van der Waals surface area contributed by atoms with Gasteiger partial charge in [-0.05, 0) is 30.0 Å². The number of imidazole rings is 1. The van der Waals surface area contributed by atoms with Crippen LogP contribution in [0.25, 0.3) is 11.1 Å². The van der Waals surface area contributed by atoms with Gasteiger partial charge in [-0.2, -0.15) is 0 Å². The second-order valence-corrected chi connectivity index (χ2v) is 7.47. The average molecular weight is 389 g/mol. The maximum Gasteiger partial charge on any atom is 0.254 e. The molecule has 1 aromatic heterocycles. The van der Waals surface area contributed by atoms with Gasteiger partial charge in [0, 0.05) is 50.6 Å². The smallest absolute Gasteiger partial charge is 0.254 e. The Bertz CT molecular complexity index is 952. The molecule has 1 atom stereocenters. The molecule has 1 saturated heterocycles. The van der Waals surface area contributed by atoms with E-state index in [9.17, 15) is 4.79 Å². The first-order chi connectivity index (χ1) is 14.3. The van der Waals surface area contributed by atoms with Gasteiger partial charge in [-0.25, -0.2) is 4.98 Å². The van der Waals surface area contributed by atoms with Crippen LogP contribution in [0, 0.1) is 0 Å². The van der Waals surface area contributed by atoms with Crippen LogP contribution in [0.4, 0.5) is 0 Å². The monoisotopic (exact) mass is 389 g/mol. The Morgan fingerprint density at radius 1 is 1.14 bits per heavy atom. The molecule has 1 fully saturated rings. The number of piperidine rings is 1. The lowest BCUT2D eigenvalue weighted by atomic mass is 9.94. The number of hydrogen-bond donors (Lipinski definition) is 0. The summed E-state index contributed by atoms with van der Waals surface area (Å²) >= 11 is 0. The van der Waals surface area contributed by atoms with Gasteiger partial charge >= 0.3 is 0 Å². The molecular formula is C24H27N3O2. The summed E-state index contributed by atoms with van der Waals surface area (Å²) in [7, 11) is 1.71. The largest absolute Gasteiger partial charge is 0.383 e. The average Bonchev–Trinajstić information content (AvgIpc) is 3.26. The molecule has 0 radical (unpaired) electrons. The topological polar surface area (TPSA) is 47.4 Å². The third kappa shape index (κ3) is 4.25. The maximum absolute atomic E-state index is 13.4. The van der Waals surface area contributed by atoms with Gasteiger partial charge < -0.3 is 14.2 Å². The van der Waals surface area contributed by atoms with Crippen molar-refractivity contribution in [3.05, 3.63) is 78.4 Å². The van der Waals surface area contributed by atoms with Crippen LogP contribution in [0.5, 0.6) is 0 Å². The molecule has 0 bridgehead atoms. The number of carbonyl (C=O) groups is 1. The van der Waals surface area contributed by atoms with Crippen LogP contribution in [0.1, 0.15) is 34.9 Å². The maximum atomic E-state index is 13.4. The SMILES string of the molecule is COCCn1ccnc1[C@H]1CCCN(C(=O)c2ccccc2-c2ccccc2)C1. The summed E-state index contributed by atoms with van der Waals surface area (Å²) in [6.45, 7) is 2.93. The van der Waals surface area contributed by atoms with Crippen molar-refractivity contribution in [2.75, 3.05) is 26.8 Å². The summed E-state index contributed by atoms with van der Waals surface area (Å²) in [6.07, 6.45) is 5.88. The van der Waals surface area contributed by atoms with Crippen LogP contribution in [0.2, 0.25) is 0 Å². The second-order valence-electron chi connectivity index (χ2n) is 7.47. The molecular weight excluding hydrogens is 362 g/mol. The molecule has 0 saturated carbocycles. The Hall–Kier alpha value is -2.92. The number of aromatic nitrogens is 2. The summed E-state index contributed by atoms with van der Waals surface area (Å²) < 4.78 is 7.37. The first kappa shape index (κ1) is 19.4. The van der Waals surface area contributed by atoms with Crippen LogP contribution in [-0.4, -0.2) is 47.2 Å². The minimum Gasteiger partial charge on any atom is -0.383 e. The van der Waals surface area contributed by atoms with E-state index in [-0.39, 0.29) is 11.8 Å². The van der Waals surface area contributed by atoms with E-state index in [0.717, 1.165) is 48.4 Å². The lowest BCUT2D eigenvalue weighted by molar-refractivity contribution is 0.0703. The summed E-state index contributed by atoms with van der Waals surface area (Å²) in [4.78, 5) is 20.0. The second kappa shape index (κ2) is 9.05. The number of benzene rings is 2. The molecule has 3 aromatic rings. The minimum atomic E-state index is 0.101. The summed E-state index contributed by atoms with van der Waals surface area (Å²) in [5, 5.41) is 0. The van der Waals surface area contributed by atoms with Crippen LogP contribution >= 0.6 is 0 Å². The highest BCUT2D eigenvalue weighted by Gasteiger charge is 2.29.